The van der Waals surface area contributed by atoms with Crippen molar-refractivity contribution in [2.24, 2.45) is 0 Å². The number of halogens is 1. The highest BCUT2D eigenvalue weighted by Gasteiger charge is 2.25. The molecule has 0 radical (unpaired) electrons. The summed E-state index contributed by atoms with van der Waals surface area (Å²) < 4.78 is 13.7. The van der Waals surface area contributed by atoms with Gasteiger partial charge in [0.1, 0.15) is 5.82 Å². The summed E-state index contributed by atoms with van der Waals surface area (Å²) in [6, 6.07) is 4.79. The number of benzene rings is 1. The Labute approximate surface area is 136 Å². The summed E-state index contributed by atoms with van der Waals surface area (Å²) in [4.78, 5) is 17.6. The van der Waals surface area contributed by atoms with Crippen molar-refractivity contribution in [1.29, 1.82) is 0 Å². The fourth-order valence-corrected chi connectivity index (χ4v) is 3.47. The summed E-state index contributed by atoms with van der Waals surface area (Å²) in [7, 11) is 2.00. The van der Waals surface area contributed by atoms with E-state index in [9.17, 15) is 14.3 Å². The lowest BCUT2D eigenvalue weighted by atomic mass is 10.2. The quantitative estimate of drug-likeness (QED) is 0.912. The highest BCUT2D eigenvalue weighted by molar-refractivity contribution is 5.78. The predicted octanol–water partition coefficient (Wildman–Crippen LogP) is 1.46. The lowest BCUT2D eigenvalue weighted by Gasteiger charge is -2.29. The number of nitrogens with zero attached hydrogens (tertiary/aromatic N) is 3. The molecule has 0 aliphatic carbocycles. The maximum atomic E-state index is 13.7. The Morgan fingerprint density at radius 2 is 1.87 bits per heavy atom. The van der Waals surface area contributed by atoms with Gasteiger partial charge in [-0.05, 0) is 31.0 Å². The summed E-state index contributed by atoms with van der Waals surface area (Å²) in [6.45, 7) is 3.16. The number of amides is 1. The summed E-state index contributed by atoms with van der Waals surface area (Å²) in [5.74, 6) is -0.153. The zero-order chi connectivity index (χ0) is 16.4. The first-order valence-electron chi connectivity index (χ1n) is 8.26. The summed E-state index contributed by atoms with van der Waals surface area (Å²) in [5, 5.41) is 10.4. The Morgan fingerprint density at radius 1 is 1.13 bits per heavy atom. The Balaban J connectivity index is 1.73. The minimum absolute atomic E-state index is 0.117. The van der Waals surface area contributed by atoms with Crippen LogP contribution in [0.4, 0.5) is 15.8 Å². The fraction of sp³-hybridized carbons (Fsp3) is 0.588. The van der Waals surface area contributed by atoms with Crippen molar-refractivity contribution in [2.75, 3.05) is 49.6 Å². The average Bonchev–Trinajstić information content (AvgIpc) is 2.84. The van der Waals surface area contributed by atoms with Gasteiger partial charge in [0.15, 0.2) is 0 Å². The van der Waals surface area contributed by atoms with E-state index in [1.165, 1.54) is 12.1 Å². The summed E-state index contributed by atoms with van der Waals surface area (Å²) in [6.07, 6.45) is 1.77. The number of likely N-dealkylation sites (tertiary alicyclic amines) is 1. The molecule has 5 nitrogen and oxygen atoms in total. The van der Waals surface area contributed by atoms with Crippen molar-refractivity contribution in [3.63, 3.8) is 0 Å². The predicted molar refractivity (Wildman–Crippen MR) is 88.3 cm³/mol. The molecule has 1 amide bonds. The first-order valence-corrected chi connectivity index (χ1v) is 8.26. The van der Waals surface area contributed by atoms with Crippen LogP contribution in [0.3, 0.4) is 0 Å². The van der Waals surface area contributed by atoms with Gasteiger partial charge in [-0.15, -0.1) is 0 Å². The Kier molecular flexibility index (Phi) is 4.71. The molecule has 1 fully saturated rings. The summed E-state index contributed by atoms with van der Waals surface area (Å²) >= 11 is 0. The SMILES string of the molecule is CN1CCCN(CC(O)CN2CCCC2=O)c2cc(F)ccc21. The lowest BCUT2D eigenvalue weighted by Crippen LogP contribution is -2.41. The highest BCUT2D eigenvalue weighted by Crippen LogP contribution is 2.32. The number of carbonyl (C=O) groups excluding carboxylic acids is 1. The number of carbonyl (C=O) groups is 1. The van der Waals surface area contributed by atoms with Crippen LogP contribution < -0.4 is 9.80 Å². The minimum Gasteiger partial charge on any atom is -0.389 e. The third kappa shape index (κ3) is 3.58. The van der Waals surface area contributed by atoms with Gasteiger partial charge < -0.3 is 19.8 Å². The number of anilines is 2. The maximum Gasteiger partial charge on any atom is 0.222 e. The molecular weight excluding hydrogens is 297 g/mol. The number of hydrogen-bond donors (Lipinski definition) is 1. The molecule has 2 aliphatic heterocycles. The monoisotopic (exact) mass is 321 g/mol. The van der Waals surface area contributed by atoms with Gasteiger partial charge in [-0.25, -0.2) is 4.39 Å². The first-order chi connectivity index (χ1) is 11.0. The van der Waals surface area contributed by atoms with Crippen LogP contribution in [0.15, 0.2) is 18.2 Å². The van der Waals surface area contributed by atoms with Crippen LogP contribution in [0.5, 0.6) is 0 Å². The van der Waals surface area contributed by atoms with E-state index in [4.69, 9.17) is 0 Å². The molecule has 0 saturated carbocycles. The zero-order valence-corrected chi connectivity index (χ0v) is 13.5. The Hall–Kier alpha value is -1.82. The van der Waals surface area contributed by atoms with E-state index >= 15 is 0 Å². The minimum atomic E-state index is -0.628. The number of aliphatic hydroxyl groups is 1. The van der Waals surface area contributed by atoms with E-state index in [2.05, 4.69) is 4.90 Å². The Morgan fingerprint density at radius 3 is 2.61 bits per heavy atom. The number of β-amino-alcohol motifs (C(OH)–C–C–N with tert-alkyl or cyclic N) is 1. The molecule has 1 saturated heterocycles. The maximum absolute atomic E-state index is 13.7. The molecule has 0 spiro atoms. The molecule has 23 heavy (non-hydrogen) atoms. The summed E-state index contributed by atoms with van der Waals surface area (Å²) in [5.41, 5.74) is 1.80. The molecule has 2 heterocycles. The van der Waals surface area contributed by atoms with E-state index in [0.717, 1.165) is 43.9 Å². The van der Waals surface area contributed by atoms with Gasteiger partial charge >= 0.3 is 0 Å². The topological polar surface area (TPSA) is 47.0 Å². The first kappa shape index (κ1) is 16.1. The molecular formula is C17H24FN3O2. The molecule has 1 aromatic rings. The van der Waals surface area contributed by atoms with Gasteiger partial charge in [0.05, 0.1) is 17.5 Å². The molecule has 1 unspecified atom stereocenters. The smallest absolute Gasteiger partial charge is 0.222 e. The number of rotatable bonds is 4. The van der Waals surface area contributed by atoms with Crippen LogP contribution in [0, 0.1) is 5.82 Å². The van der Waals surface area contributed by atoms with Crippen molar-refractivity contribution in [3.8, 4) is 0 Å². The molecule has 1 atom stereocenters. The second-order valence-electron chi connectivity index (χ2n) is 6.45. The third-order valence-electron chi connectivity index (χ3n) is 4.64. The van der Waals surface area contributed by atoms with Crippen molar-refractivity contribution in [3.05, 3.63) is 24.0 Å². The van der Waals surface area contributed by atoms with E-state index < -0.39 is 6.10 Å². The van der Waals surface area contributed by atoms with E-state index in [1.54, 1.807) is 11.0 Å². The molecule has 0 aromatic heterocycles. The van der Waals surface area contributed by atoms with Crippen LogP contribution in [0.25, 0.3) is 0 Å². The van der Waals surface area contributed by atoms with Gasteiger partial charge in [0, 0.05) is 46.2 Å². The van der Waals surface area contributed by atoms with Crippen molar-refractivity contribution >= 4 is 17.3 Å². The normalized spacial score (nSPS) is 19.8. The van der Waals surface area contributed by atoms with E-state index in [-0.39, 0.29) is 11.7 Å². The molecule has 1 N–H and O–H groups in total. The number of hydrogen-bond acceptors (Lipinski definition) is 4. The van der Waals surface area contributed by atoms with E-state index in [1.807, 2.05) is 11.9 Å². The molecule has 3 rings (SSSR count). The van der Waals surface area contributed by atoms with Gasteiger partial charge in [0.2, 0.25) is 5.91 Å². The molecule has 2 aliphatic rings. The van der Waals surface area contributed by atoms with Crippen LogP contribution >= 0.6 is 0 Å². The Bertz CT molecular complexity index is 581. The van der Waals surface area contributed by atoms with Crippen LogP contribution in [-0.2, 0) is 4.79 Å². The second kappa shape index (κ2) is 6.74. The third-order valence-corrected chi connectivity index (χ3v) is 4.64. The average molecular weight is 321 g/mol. The molecule has 1 aromatic carbocycles. The van der Waals surface area contributed by atoms with Crippen molar-refractivity contribution in [2.45, 2.75) is 25.4 Å². The van der Waals surface area contributed by atoms with Crippen molar-refractivity contribution < 1.29 is 14.3 Å². The van der Waals surface area contributed by atoms with Crippen LogP contribution in [0.1, 0.15) is 19.3 Å². The fourth-order valence-electron chi connectivity index (χ4n) is 3.47. The molecule has 0 bridgehead atoms. The largest absolute Gasteiger partial charge is 0.389 e. The number of fused-ring (bicyclic) bond motifs is 1. The van der Waals surface area contributed by atoms with Crippen molar-refractivity contribution in [1.82, 2.24) is 4.90 Å². The highest BCUT2D eigenvalue weighted by atomic mass is 19.1. The molecule has 126 valence electrons. The lowest BCUT2D eigenvalue weighted by molar-refractivity contribution is -0.128. The zero-order valence-electron chi connectivity index (χ0n) is 13.5. The standard InChI is InChI=1S/C17H24FN3O2/c1-19-7-3-9-20(16-10-13(18)5-6-15(16)19)11-14(22)12-21-8-2-4-17(21)23/h5-6,10,14,22H,2-4,7-9,11-12H2,1H3. The number of aliphatic hydroxyl groups excluding tert-OH is 1. The van der Waals surface area contributed by atoms with Gasteiger partial charge in [-0.3, -0.25) is 4.79 Å². The van der Waals surface area contributed by atoms with E-state index in [0.29, 0.717) is 19.5 Å². The van der Waals surface area contributed by atoms with Crippen LogP contribution in [0.2, 0.25) is 0 Å². The van der Waals surface area contributed by atoms with Gasteiger partial charge in [-0.2, -0.15) is 0 Å². The van der Waals surface area contributed by atoms with Crippen LogP contribution in [-0.4, -0.2) is 61.8 Å². The van der Waals surface area contributed by atoms with Gasteiger partial charge in [-0.1, -0.05) is 0 Å². The second-order valence-corrected chi connectivity index (χ2v) is 6.45. The molecule has 6 heteroatoms. The van der Waals surface area contributed by atoms with Gasteiger partial charge in [0.25, 0.3) is 0 Å².